The van der Waals surface area contributed by atoms with E-state index in [0.29, 0.717) is 39.6 Å². The molecule has 1 aromatic heterocycles. The number of hydrogen-bond donors (Lipinski definition) is 0. The average molecular weight is 733 g/mol. The zero-order valence-electron chi connectivity index (χ0n) is 31.9. The Morgan fingerprint density at radius 2 is 1.24 bits per heavy atom. The molecule has 6 heterocycles. The van der Waals surface area contributed by atoms with Crippen LogP contribution in [0.4, 0.5) is 34.1 Å². The summed E-state index contributed by atoms with van der Waals surface area (Å²) in [7, 11) is 0. The maximum absolute atomic E-state index is 7.17. The van der Waals surface area contributed by atoms with E-state index in [1.807, 2.05) is 6.07 Å². The lowest BCUT2D eigenvalue weighted by atomic mass is 9.35. The summed E-state index contributed by atoms with van der Waals surface area (Å²) >= 11 is 0. The maximum Gasteiger partial charge on any atom is 0.297 e. The number of aryl methyl sites for hydroxylation is 2. The first-order valence-electron chi connectivity index (χ1n) is 19.2. The molecule has 6 aromatic rings. The van der Waals surface area contributed by atoms with E-state index in [4.69, 9.17) is 32.8 Å². The SMILES string of the molecule is Cc1cc2c3c(c1)N(c1c(C)cc4c(c1C)OCCO4)c1c(oc4ccc(C(C)(C)C)cc14)B3c1cc3c(cc1N2c1ccc2c(c1)OCCO2)OCCO3. The van der Waals surface area contributed by atoms with Crippen molar-refractivity contribution in [3.63, 3.8) is 0 Å². The van der Waals surface area contributed by atoms with Gasteiger partial charge >= 0.3 is 0 Å². The van der Waals surface area contributed by atoms with Crippen molar-refractivity contribution in [2.75, 3.05) is 49.4 Å². The quantitative estimate of drug-likeness (QED) is 0.164. The fourth-order valence-corrected chi connectivity index (χ4v) is 9.14. The predicted molar refractivity (Wildman–Crippen MR) is 216 cm³/mol. The van der Waals surface area contributed by atoms with E-state index in [-0.39, 0.29) is 12.1 Å². The summed E-state index contributed by atoms with van der Waals surface area (Å²) in [6, 6.07) is 23.9. The minimum absolute atomic E-state index is 0.0691. The summed E-state index contributed by atoms with van der Waals surface area (Å²) in [5.74, 6) is 4.50. The van der Waals surface area contributed by atoms with E-state index in [2.05, 4.69) is 112 Å². The Kier molecular flexibility index (Phi) is 6.83. The van der Waals surface area contributed by atoms with E-state index >= 15 is 0 Å². The molecule has 0 saturated heterocycles. The molecule has 0 amide bonds. The minimum Gasteiger partial charge on any atom is -0.486 e. The summed E-state index contributed by atoms with van der Waals surface area (Å²) in [5.41, 5.74) is 14.5. The fourth-order valence-electron chi connectivity index (χ4n) is 9.14. The van der Waals surface area contributed by atoms with Crippen molar-refractivity contribution in [3.8, 4) is 34.5 Å². The normalized spacial score (nSPS) is 16.1. The molecule has 0 saturated carbocycles. The van der Waals surface area contributed by atoms with Crippen LogP contribution < -0.4 is 54.8 Å². The Balaban J connectivity index is 1.26. The van der Waals surface area contributed by atoms with Crippen molar-refractivity contribution >= 4 is 68.4 Å². The lowest BCUT2D eigenvalue weighted by Gasteiger charge is -2.43. The number of rotatable bonds is 2. The highest BCUT2D eigenvalue weighted by atomic mass is 16.6. The van der Waals surface area contributed by atoms with Crippen molar-refractivity contribution in [3.05, 3.63) is 89.0 Å². The molecular weight excluding hydrogens is 691 g/mol. The third kappa shape index (κ3) is 4.73. The lowest BCUT2D eigenvalue weighted by Crippen LogP contribution is -2.61. The molecule has 9 nitrogen and oxygen atoms in total. The Hall–Kier alpha value is -5.90. The van der Waals surface area contributed by atoms with Crippen molar-refractivity contribution in [1.29, 1.82) is 0 Å². The van der Waals surface area contributed by atoms with Crippen LogP contribution in [0.5, 0.6) is 34.5 Å². The van der Waals surface area contributed by atoms with Gasteiger partial charge in [-0.3, -0.25) is 0 Å². The molecule has 5 aromatic carbocycles. The van der Waals surface area contributed by atoms with Gasteiger partial charge in [-0.05, 0) is 102 Å². The Morgan fingerprint density at radius 3 is 1.98 bits per heavy atom. The second-order valence-electron chi connectivity index (χ2n) is 16.2. The number of furan rings is 1. The molecule has 0 radical (unpaired) electrons. The Labute approximate surface area is 320 Å². The standard InChI is InChI=1S/C45H41BN2O7/c1-24-17-32-40-33(18-24)48(41-25(2)19-39-43(26(41)3)54-16-15-53-39)42-29-20-27(45(4,5)6)7-9-34(29)55-44(42)46(40)30-22-37-38(52-14-13-51-37)23-31(30)47(32)28-8-10-35-36(21-28)50-12-11-49-35/h7-10,17-23H,11-16H2,1-6H3. The molecule has 276 valence electrons. The average Bonchev–Trinajstić information content (AvgIpc) is 3.56. The molecule has 0 fully saturated rings. The zero-order chi connectivity index (χ0) is 37.3. The Morgan fingerprint density at radius 1 is 0.582 bits per heavy atom. The van der Waals surface area contributed by atoms with Gasteiger partial charge in [-0.15, -0.1) is 0 Å². The third-order valence-corrected chi connectivity index (χ3v) is 11.6. The van der Waals surface area contributed by atoms with Gasteiger partial charge in [0.25, 0.3) is 6.71 Å². The minimum atomic E-state index is -0.251. The van der Waals surface area contributed by atoms with E-state index < -0.39 is 0 Å². The molecule has 0 spiro atoms. The lowest BCUT2D eigenvalue weighted by molar-refractivity contribution is 0.170. The number of hydrogen-bond acceptors (Lipinski definition) is 9. The molecule has 0 aliphatic carbocycles. The Bertz CT molecular complexity index is 2620. The first kappa shape index (κ1) is 32.5. The number of fused-ring (bicyclic) bond motifs is 9. The first-order chi connectivity index (χ1) is 26.6. The molecule has 55 heavy (non-hydrogen) atoms. The van der Waals surface area contributed by atoms with Crippen LogP contribution in [0.15, 0.2) is 71.1 Å². The van der Waals surface area contributed by atoms with E-state index in [1.54, 1.807) is 0 Å². The molecule has 0 bridgehead atoms. The molecule has 5 aliphatic heterocycles. The first-order valence-corrected chi connectivity index (χ1v) is 19.2. The largest absolute Gasteiger partial charge is 0.486 e. The number of anilines is 6. The molecule has 5 aliphatic rings. The summed E-state index contributed by atoms with van der Waals surface area (Å²) in [6.45, 7) is 16.1. The van der Waals surface area contributed by atoms with Crippen molar-refractivity contribution in [2.24, 2.45) is 0 Å². The summed E-state index contributed by atoms with van der Waals surface area (Å²) < 4.78 is 44.3. The van der Waals surface area contributed by atoms with Crippen LogP contribution >= 0.6 is 0 Å². The highest BCUT2D eigenvalue weighted by Gasteiger charge is 2.48. The number of benzene rings is 5. The van der Waals surface area contributed by atoms with E-state index in [0.717, 1.165) is 113 Å². The monoisotopic (exact) mass is 732 g/mol. The smallest absolute Gasteiger partial charge is 0.297 e. The molecule has 0 atom stereocenters. The summed E-state index contributed by atoms with van der Waals surface area (Å²) in [5, 5.41) is 1.07. The van der Waals surface area contributed by atoms with Gasteiger partial charge in [0.05, 0.1) is 22.7 Å². The van der Waals surface area contributed by atoms with Crippen molar-refractivity contribution in [1.82, 2.24) is 0 Å². The van der Waals surface area contributed by atoms with Gasteiger partial charge in [0, 0.05) is 40.1 Å². The van der Waals surface area contributed by atoms with Crippen molar-refractivity contribution in [2.45, 2.75) is 47.0 Å². The van der Waals surface area contributed by atoms with Crippen LogP contribution in [0.1, 0.15) is 43.0 Å². The fraction of sp³-hybridized carbons (Fsp3) is 0.289. The zero-order valence-corrected chi connectivity index (χ0v) is 31.9. The highest BCUT2D eigenvalue weighted by molar-refractivity contribution is 7.00. The van der Waals surface area contributed by atoms with Crippen molar-refractivity contribution < 1.29 is 32.8 Å². The van der Waals surface area contributed by atoms with Gasteiger partial charge in [-0.25, -0.2) is 0 Å². The topological polar surface area (TPSA) is 75.0 Å². The highest BCUT2D eigenvalue weighted by Crippen LogP contribution is 2.53. The molecule has 11 rings (SSSR count). The van der Waals surface area contributed by atoms with Gasteiger partial charge in [-0.1, -0.05) is 26.8 Å². The second kappa shape index (κ2) is 11.6. The van der Waals surface area contributed by atoms with Gasteiger partial charge in [0.2, 0.25) is 0 Å². The molecular formula is C45H41BN2O7. The van der Waals surface area contributed by atoms with Gasteiger partial charge in [0.1, 0.15) is 45.2 Å². The maximum atomic E-state index is 7.17. The second-order valence-corrected chi connectivity index (χ2v) is 16.2. The van der Waals surface area contributed by atoms with Crippen LogP contribution in [0.25, 0.3) is 11.0 Å². The van der Waals surface area contributed by atoms with Crippen LogP contribution in [0.2, 0.25) is 0 Å². The molecule has 10 heteroatoms. The summed E-state index contributed by atoms with van der Waals surface area (Å²) in [6.07, 6.45) is 0. The summed E-state index contributed by atoms with van der Waals surface area (Å²) in [4.78, 5) is 4.77. The van der Waals surface area contributed by atoms with Gasteiger partial charge < -0.3 is 42.6 Å². The number of nitrogens with zero attached hydrogens (tertiary/aromatic N) is 2. The van der Waals surface area contributed by atoms with E-state index in [9.17, 15) is 0 Å². The number of ether oxygens (including phenoxy) is 6. The van der Waals surface area contributed by atoms with Crippen LogP contribution in [-0.4, -0.2) is 46.4 Å². The predicted octanol–water partition coefficient (Wildman–Crippen LogP) is 8.05. The van der Waals surface area contributed by atoms with Crippen LogP contribution in [-0.2, 0) is 5.41 Å². The third-order valence-electron chi connectivity index (χ3n) is 11.6. The molecule has 0 unspecified atom stereocenters. The van der Waals surface area contributed by atoms with E-state index in [1.165, 1.54) is 5.56 Å². The van der Waals surface area contributed by atoms with Crippen LogP contribution in [0, 0.1) is 20.8 Å². The van der Waals surface area contributed by atoms with Crippen LogP contribution in [0.3, 0.4) is 0 Å². The van der Waals surface area contributed by atoms with Gasteiger partial charge in [0.15, 0.2) is 34.5 Å². The molecule has 0 N–H and O–H groups in total. The van der Waals surface area contributed by atoms with Gasteiger partial charge in [-0.2, -0.15) is 0 Å².